The van der Waals surface area contributed by atoms with Crippen molar-refractivity contribution in [3.63, 3.8) is 0 Å². The molecule has 4 aromatic rings. The first-order valence-electron chi connectivity index (χ1n) is 11.0. The van der Waals surface area contributed by atoms with Crippen LogP contribution in [-0.4, -0.2) is 36.5 Å². The summed E-state index contributed by atoms with van der Waals surface area (Å²) in [7, 11) is 2.94. The van der Waals surface area contributed by atoms with E-state index in [9.17, 15) is 0 Å². The van der Waals surface area contributed by atoms with E-state index < -0.39 is 16.1 Å². The van der Waals surface area contributed by atoms with E-state index in [2.05, 4.69) is 145 Å². The van der Waals surface area contributed by atoms with E-state index in [0.29, 0.717) is 0 Å². The van der Waals surface area contributed by atoms with Crippen LogP contribution in [0.2, 0.25) is 0 Å². The van der Waals surface area contributed by atoms with Crippen LogP contribution in [0.5, 0.6) is 0 Å². The summed E-state index contributed by atoms with van der Waals surface area (Å²) in [5.74, 6) is 0. The Morgan fingerprint density at radius 2 is 0.719 bits per heavy atom. The van der Waals surface area contributed by atoms with Crippen LogP contribution in [-0.2, 0) is 0 Å². The van der Waals surface area contributed by atoms with E-state index in [1.807, 2.05) is 0 Å². The molecule has 0 saturated carbocycles. The van der Waals surface area contributed by atoms with Gasteiger partial charge in [0.2, 0.25) is 0 Å². The van der Waals surface area contributed by atoms with E-state index in [1.54, 1.807) is 0 Å². The molecule has 0 aromatic heterocycles. The molecular formula is C28H30N2P2. The Labute approximate surface area is 195 Å². The standard InChI is InChI=1S/C28H30N2P2/c1-29(2)23-24-30(31(25-15-7-3-8-16-25)26-17-9-4-10-18-26)32(27-19-11-5-12-20-27)28-21-13-6-14-22-28/h3-22H,23-24H2,1-2H3. The van der Waals surface area contributed by atoms with Gasteiger partial charge in [0, 0.05) is 29.2 Å². The Morgan fingerprint density at radius 1 is 0.438 bits per heavy atom. The molecular weight excluding hydrogens is 426 g/mol. The van der Waals surface area contributed by atoms with Crippen LogP contribution < -0.4 is 21.2 Å². The van der Waals surface area contributed by atoms with Gasteiger partial charge in [0.1, 0.15) is 0 Å². The van der Waals surface area contributed by atoms with Crippen molar-refractivity contribution < 1.29 is 0 Å². The first-order chi connectivity index (χ1) is 15.7. The Morgan fingerprint density at radius 3 is 0.969 bits per heavy atom. The molecule has 0 N–H and O–H groups in total. The van der Waals surface area contributed by atoms with Crippen LogP contribution in [0, 0.1) is 0 Å². The maximum atomic E-state index is 2.79. The molecule has 0 amide bonds. The summed E-state index contributed by atoms with van der Waals surface area (Å²) in [5.41, 5.74) is 0. The summed E-state index contributed by atoms with van der Waals surface area (Å²) >= 11 is 0. The Balaban J connectivity index is 1.90. The molecule has 162 valence electrons. The molecule has 4 aromatic carbocycles. The third-order valence-electron chi connectivity index (χ3n) is 5.21. The van der Waals surface area contributed by atoms with E-state index >= 15 is 0 Å². The molecule has 32 heavy (non-hydrogen) atoms. The van der Waals surface area contributed by atoms with Gasteiger partial charge in [0.05, 0.1) is 0 Å². The zero-order chi connectivity index (χ0) is 22.2. The molecule has 0 aliphatic heterocycles. The SMILES string of the molecule is CN(C)CCN(P(c1ccccc1)c1ccccc1)P(c1ccccc1)c1ccccc1. The fourth-order valence-electron chi connectivity index (χ4n) is 3.69. The van der Waals surface area contributed by atoms with Crippen LogP contribution in [0.3, 0.4) is 0 Å². The van der Waals surface area contributed by atoms with Crippen LogP contribution in [0.15, 0.2) is 121 Å². The second-order valence-corrected chi connectivity index (χ2v) is 12.5. The van der Waals surface area contributed by atoms with Gasteiger partial charge in [0.15, 0.2) is 0 Å². The van der Waals surface area contributed by atoms with Crippen molar-refractivity contribution in [2.45, 2.75) is 0 Å². The minimum atomic E-state index is -0.696. The predicted octanol–water partition coefficient (Wildman–Crippen LogP) is 4.95. The number of rotatable bonds is 9. The highest BCUT2D eigenvalue weighted by Crippen LogP contribution is 2.54. The molecule has 0 unspecified atom stereocenters. The van der Waals surface area contributed by atoms with Gasteiger partial charge < -0.3 is 4.90 Å². The highest BCUT2D eigenvalue weighted by molar-refractivity contribution is 7.84. The predicted molar refractivity (Wildman–Crippen MR) is 143 cm³/mol. The summed E-state index contributed by atoms with van der Waals surface area (Å²) in [6.07, 6.45) is 0. The Hall–Kier alpha value is -2.34. The van der Waals surface area contributed by atoms with Gasteiger partial charge in [-0.15, -0.1) is 0 Å². The molecule has 4 rings (SSSR count). The van der Waals surface area contributed by atoms with Crippen molar-refractivity contribution >= 4 is 37.4 Å². The first kappa shape index (κ1) is 22.8. The minimum Gasteiger partial charge on any atom is -0.308 e. The molecule has 4 heteroatoms. The quantitative estimate of drug-likeness (QED) is 0.329. The molecule has 0 spiro atoms. The van der Waals surface area contributed by atoms with Gasteiger partial charge in [-0.05, 0) is 35.3 Å². The Kier molecular flexibility index (Phi) is 8.21. The van der Waals surface area contributed by atoms with Crippen molar-refractivity contribution in [2.75, 3.05) is 27.2 Å². The van der Waals surface area contributed by atoms with E-state index in [-0.39, 0.29) is 0 Å². The summed E-state index contributed by atoms with van der Waals surface area (Å²) in [5, 5.41) is 5.58. The lowest BCUT2D eigenvalue weighted by Crippen LogP contribution is -2.35. The minimum absolute atomic E-state index is 0.696. The number of nitrogens with zero attached hydrogens (tertiary/aromatic N) is 2. The largest absolute Gasteiger partial charge is 0.308 e. The van der Waals surface area contributed by atoms with E-state index in [0.717, 1.165) is 13.1 Å². The molecule has 0 bridgehead atoms. The van der Waals surface area contributed by atoms with Gasteiger partial charge in [-0.2, -0.15) is 0 Å². The molecule has 0 aliphatic carbocycles. The topological polar surface area (TPSA) is 6.48 Å². The highest BCUT2D eigenvalue weighted by Gasteiger charge is 2.31. The third kappa shape index (κ3) is 5.71. The van der Waals surface area contributed by atoms with Gasteiger partial charge in [-0.25, -0.2) is 4.44 Å². The summed E-state index contributed by atoms with van der Waals surface area (Å²) < 4.78 is 2.79. The van der Waals surface area contributed by atoms with Gasteiger partial charge in [0.25, 0.3) is 0 Å². The number of benzene rings is 4. The van der Waals surface area contributed by atoms with Crippen molar-refractivity contribution in [3.8, 4) is 0 Å². The molecule has 0 atom stereocenters. The maximum absolute atomic E-state index is 2.79. The fourth-order valence-corrected chi connectivity index (χ4v) is 9.70. The van der Waals surface area contributed by atoms with Crippen LogP contribution >= 0.6 is 16.1 Å². The Bertz CT molecular complexity index is 896. The summed E-state index contributed by atoms with van der Waals surface area (Å²) in [6.45, 7) is 2.01. The fraction of sp³-hybridized carbons (Fsp3) is 0.143. The molecule has 0 radical (unpaired) electrons. The molecule has 0 saturated heterocycles. The van der Waals surface area contributed by atoms with Gasteiger partial charge in [-0.1, -0.05) is 121 Å². The normalized spacial score (nSPS) is 11.6. The monoisotopic (exact) mass is 456 g/mol. The average molecular weight is 457 g/mol. The van der Waals surface area contributed by atoms with Crippen LogP contribution in [0.1, 0.15) is 0 Å². The van der Waals surface area contributed by atoms with E-state index in [4.69, 9.17) is 0 Å². The van der Waals surface area contributed by atoms with Crippen molar-refractivity contribution in [1.29, 1.82) is 0 Å². The summed E-state index contributed by atoms with van der Waals surface area (Å²) in [6, 6.07) is 44.2. The summed E-state index contributed by atoms with van der Waals surface area (Å²) in [4.78, 5) is 2.29. The van der Waals surface area contributed by atoms with Crippen LogP contribution in [0.25, 0.3) is 0 Å². The second-order valence-electron chi connectivity index (χ2n) is 7.86. The van der Waals surface area contributed by atoms with Gasteiger partial charge >= 0.3 is 0 Å². The molecule has 2 nitrogen and oxygen atoms in total. The first-order valence-corrected chi connectivity index (χ1v) is 13.6. The highest BCUT2D eigenvalue weighted by atomic mass is 31.2. The average Bonchev–Trinajstić information content (AvgIpc) is 2.85. The lowest BCUT2D eigenvalue weighted by atomic mass is 10.4. The molecule has 0 aliphatic rings. The second kappa shape index (κ2) is 11.5. The number of hydrogen-bond acceptors (Lipinski definition) is 2. The zero-order valence-electron chi connectivity index (χ0n) is 18.8. The van der Waals surface area contributed by atoms with Crippen molar-refractivity contribution in [1.82, 2.24) is 9.34 Å². The van der Waals surface area contributed by atoms with Crippen molar-refractivity contribution in [3.05, 3.63) is 121 Å². The number of hydrogen-bond donors (Lipinski definition) is 0. The van der Waals surface area contributed by atoms with Gasteiger partial charge in [-0.3, -0.25) is 0 Å². The maximum Gasteiger partial charge on any atom is 0.0323 e. The number of likely N-dealkylation sites (N-methyl/N-ethyl adjacent to an activating group) is 1. The molecule has 0 fully saturated rings. The smallest absolute Gasteiger partial charge is 0.0323 e. The van der Waals surface area contributed by atoms with E-state index in [1.165, 1.54) is 21.2 Å². The third-order valence-corrected chi connectivity index (χ3v) is 10.8. The van der Waals surface area contributed by atoms with Crippen LogP contribution in [0.4, 0.5) is 0 Å². The van der Waals surface area contributed by atoms with Crippen molar-refractivity contribution in [2.24, 2.45) is 0 Å². The molecule has 0 heterocycles. The zero-order valence-corrected chi connectivity index (χ0v) is 20.5. The lowest BCUT2D eigenvalue weighted by molar-refractivity contribution is 0.394. The lowest BCUT2D eigenvalue weighted by Gasteiger charge is -2.39.